The molecule has 0 fully saturated rings. The highest BCUT2D eigenvalue weighted by Gasteiger charge is 2.09. The lowest BCUT2D eigenvalue weighted by Gasteiger charge is -2.07. The predicted molar refractivity (Wildman–Crippen MR) is 58.2 cm³/mol. The van der Waals surface area contributed by atoms with Crippen LogP contribution >= 0.6 is 11.6 Å². The van der Waals surface area contributed by atoms with E-state index in [0.717, 1.165) is 22.8 Å². The largest absolute Gasteiger partial charge is 0.287 e. The lowest BCUT2D eigenvalue weighted by Crippen LogP contribution is -2.03. The number of aryl methyl sites for hydroxylation is 1. The molecule has 2 aromatic rings. The van der Waals surface area contributed by atoms with E-state index in [-0.39, 0.29) is 0 Å². The van der Waals surface area contributed by atoms with Gasteiger partial charge in [-0.1, -0.05) is 0 Å². The monoisotopic (exact) mass is 222 g/mol. The third-order valence-electron chi connectivity index (χ3n) is 2.39. The summed E-state index contributed by atoms with van der Waals surface area (Å²) in [7, 11) is 0. The Morgan fingerprint density at radius 3 is 2.73 bits per heavy atom. The number of hydrogen-bond acceptors (Lipinski definition) is 3. The molecule has 0 N–H and O–H groups in total. The summed E-state index contributed by atoms with van der Waals surface area (Å²) in [6.45, 7) is 3.97. The second-order valence-electron chi connectivity index (χ2n) is 3.29. The van der Waals surface area contributed by atoms with E-state index in [1.165, 1.54) is 6.33 Å². The Labute approximate surface area is 93.0 Å². The minimum absolute atomic E-state index is 0.396. The smallest absolute Gasteiger partial charge is 0.145 e. The molecule has 5 heteroatoms. The molecule has 0 unspecified atom stereocenters. The highest BCUT2D eigenvalue weighted by atomic mass is 35.5. The van der Waals surface area contributed by atoms with Crippen LogP contribution in [-0.4, -0.2) is 19.5 Å². The Balaban J connectivity index is 2.58. The molecule has 2 heterocycles. The molecule has 15 heavy (non-hydrogen) atoms. The Kier molecular flexibility index (Phi) is 2.68. The van der Waals surface area contributed by atoms with Gasteiger partial charge < -0.3 is 0 Å². The molecule has 2 aromatic heterocycles. The molecule has 0 spiro atoms. The van der Waals surface area contributed by atoms with Crippen LogP contribution in [0.5, 0.6) is 0 Å². The van der Waals surface area contributed by atoms with Gasteiger partial charge in [0, 0.05) is 17.5 Å². The lowest BCUT2D eigenvalue weighted by molar-refractivity contribution is 0.914. The maximum atomic E-state index is 5.83. The highest BCUT2D eigenvalue weighted by molar-refractivity contribution is 6.17. The lowest BCUT2D eigenvalue weighted by atomic mass is 10.3. The molecule has 78 valence electrons. The quantitative estimate of drug-likeness (QED) is 0.731. The summed E-state index contributed by atoms with van der Waals surface area (Å²) < 4.78 is 1.93. The summed E-state index contributed by atoms with van der Waals surface area (Å²) in [5, 5.41) is 0. The first-order valence-corrected chi connectivity index (χ1v) is 5.13. The minimum atomic E-state index is 0.396. The van der Waals surface area contributed by atoms with Gasteiger partial charge >= 0.3 is 0 Å². The normalized spacial score (nSPS) is 10.6. The first-order chi connectivity index (χ1) is 7.24. The highest BCUT2D eigenvalue weighted by Crippen LogP contribution is 2.16. The fraction of sp³-hybridized carbons (Fsp3) is 0.300. The van der Waals surface area contributed by atoms with E-state index in [1.807, 2.05) is 18.4 Å². The van der Waals surface area contributed by atoms with Gasteiger partial charge in [0.2, 0.25) is 0 Å². The van der Waals surface area contributed by atoms with Crippen molar-refractivity contribution >= 4 is 11.6 Å². The molecule has 2 rings (SSSR count). The maximum Gasteiger partial charge on any atom is 0.145 e. The van der Waals surface area contributed by atoms with Crippen molar-refractivity contribution in [3.8, 4) is 5.82 Å². The summed E-state index contributed by atoms with van der Waals surface area (Å²) in [4.78, 5) is 12.4. The number of rotatable bonds is 2. The topological polar surface area (TPSA) is 43.6 Å². The van der Waals surface area contributed by atoms with Gasteiger partial charge in [-0.2, -0.15) is 0 Å². The first kappa shape index (κ1) is 10.1. The molecule has 0 aliphatic carbocycles. The molecule has 0 saturated carbocycles. The number of nitrogens with zero attached hydrogens (tertiary/aromatic N) is 4. The molecule has 4 nitrogen and oxygen atoms in total. The first-order valence-electron chi connectivity index (χ1n) is 4.59. The standard InChI is InChI=1S/C10H11ClN4/c1-7-8(2)15(6-14-7)10-9(3-11)4-12-5-13-10/h4-6H,3H2,1-2H3. The predicted octanol–water partition coefficient (Wildman–Crippen LogP) is 2.02. The van der Waals surface area contributed by atoms with Crippen LogP contribution in [0.25, 0.3) is 5.82 Å². The molecule has 0 amide bonds. The Bertz CT molecular complexity index is 478. The van der Waals surface area contributed by atoms with E-state index in [0.29, 0.717) is 5.88 Å². The Morgan fingerprint density at radius 2 is 2.13 bits per heavy atom. The van der Waals surface area contributed by atoms with Crippen molar-refractivity contribution < 1.29 is 0 Å². The second kappa shape index (κ2) is 3.98. The molecule has 0 aromatic carbocycles. The van der Waals surface area contributed by atoms with Crippen molar-refractivity contribution in [3.05, 3.63) is 35.8 Å². The molecule has 0 aliphatic heterocycles. The van der Waals surface area contributed by atoms with Crippen LogP contribution in [0.15, 0.2) is 18.9 Å². The van der Waals surface area contributed by atoms with Gasteiger partial charge in [-0.25, -0.2) is 15.0 Å². The van der Waals surface area contributed by atoms with Crippen molar-refractivity contribution in [2.75, 3.05) is 0 Å². The van der Waals surface area contributed by atoms with Gasteiger partial charge in [-0.15, -0.1) is 11.6 Å². The molecule has 0 atom stereocenters. The molecule has 0 aliphatic rings. The van der Waals surface area contributed by atoms with Crippen LogP contribution in [0.3, 0.4) is 0 Å². The average Bonchev–Trinajstić information content (AvgIpc) is 2.60. The van der Waals surface area contributed by atoms with E-state index in [4.69, 9.17) is 11.6 Å². The zero-order chi connectivity index (χ0) is 10.8. The van der Waals surface area contributed by atoms with Crippen LogP contribution in [0.2, 0.25) is 0 Å². The van der Waals surface area contributed by atoms with E-state index in [1.54, 1.807) is 12.5 Å². The van der Waals surface area contributed by atoms with E-state index in [2.05, 4.69) is 15.0 Å². The number of alkyl halides is 1. The number of imidazole rings is 1. The van der Waals surface area contributed by atoms with E-state index >= 15 is 0 Å². The fourth-order valence-corrected chi connectivity index (χ4v) is 1.56. The van der Waals surface area contributed by atoms with Crippen LogP contribution in [-0.2, 0) is 5.88 Å². The van der Waals surface area contributed by atoms with Gasteiger partial charge in [0.15, 0.2) is 0 Å². The van der Waals surface area contributed by atoms with E-state index in [9.17, 15) is 0 Å². The number of hydrogen-bond donors (Lipinski definition) is 0. The van der Waals surface area contributed by atoms with Gasteiger partial charge in [-0.3, -0.25) is 4.57 Å². The molecular formula is C10H11ClN4. The van der Waals surface area contributed by atoms with Gasteiger partial charge in [-0.05, 0) is 13.8 Å². The Hall–Kier alpha value is -1.42. The van der Waals surface area contributed by atoms with Gasteiger partial charge in [0.25, 0.3) is 0 Å². The van der Waals surface area contributed by atoms with Crippen molar-refractivity contribution in [1.82, 2.24) is 19.5 Å². The molecule has 0 saturated heterocycles. The number of halogens is 1. The zero-order valence-electron chi connectivity index (χ0n) is 8.61. The van der Waals surface area contributed by atoms with Crippen LogP contribution in [0, 0.1) is 13.8 Å². The maximum absolute atomic E-state index is 5.83. The summed E-state index contributed by atoms with van der Waals surface area (Å²) in [6.07, 6.45) is 4.99. The minimum Gasteiger partial charge on any atom is -0.287 e. The van der Waals surface area contributed by atoms with Crippen molar-refractivity contribution in [2.45, 2.75) is 19.7 Å². The van der Waals surface area contributed by atoms with Crippen molar-refractivity contribution in [1.29, 1.82) is 0 Å². The summed E-state index contributed by atoms with van der Waals surface area (Å²) in [5.41, 5.74) is 2.97. The second-order valence-corrected chi connectivity index (χ2v) is 3.56. The summed E-state index contributed by atoms with van der Waals surface area (Å²) in [5.74, 6) is 1.20. The Morgan fingerprint density at radius 1 is 1.33 bits per heavy atom. The van der Waals surface area contributed by atoms with Gasteiger partial charge in [0.1, 0.15) is 18.5 Å². The van der Waals surface area contributed by atoms with Crippen LogP contribution in [0.4, 0.5) is 0 Å². The number of aromatic nitrogens is 4. The van der Waals surface area contributed by atoms with Crippen LogP contribution in [0.1, 0.15) is 17.0 Å². The molecule has 0 bridgehead atoms. The van der Waals surface area contributed by atoms with Crippen molar-refractivity contribution in [2.24, 2.45) is 0 Å². The van der Waals surface area contributed by atoms with Gasteiger partial charge in [0.05, 0.1) is 11.6 Å². The average molecular weight is 223 g/mol. The fourth-order valence-electron chi connectivity index (χ4n) is 1.38. The van der Waals surface area contributed by atoms with Crippen LogP contribution < -0.4 is 0 Å². The van der Waals surface area contributed by atoms with E-state index < -0.39 is 0 Å². The zero-order valence-corrected chi connectivity index (χ0v) is 9.36. The third-order valence-corrected chi connectivity index (χ3v) is 2.68. The third kappa shape index (κ3) is 1.72. The summed E-state index contributed by atoms with van der Waals surface area (Å²) in [6, 6.07) is 0. The van der Waals surface area contributed by atoms with Crippen molar-refractivity contribution in [3.63, 3.8) is 0 Å². The SMILES string of the molecule is Cc1ncn(-c2ncncc2CCl)c1C. The molecule has 0 radical (unpaired) electrons. The summed E-state index contributed by atoms with van der Waals surface area (Å²) >= 11 is 5.83. The molecular weight excluding hydrogens is 212 g/mol.